The van der Waals surface area contributed by atoms with Crippen molar-refractivity contribution >= 4 is 39.0 Å². The first kappa shape index (κ1) is 13.8. The van der Waals surface area contributed by atoms with E-state index < -0.39 is 5.91 Å². The lowest BCUT2D eigenvalue weighted by molar-refractivity contribution is 0.100. The molecule has 4 N–H and O–H groups in total. The lowest BCUT2D eigenvalue weighted by Gasteiger charge is -2.29. The number of nitrogens with zero attached hydrogens (tertiary/aromatic N) is 2. The summed E-state index contributed by atoms with van der Waals surface area (Å²) in [6.07, 6.45) is 6.98. The highest BCUT2D eigenvalue weighted by molar-refractivity contribution is 7.21. The zero-order valence-corrected chi connectivity index (χ0v) is 13.3. The van der Waals surface area contributed by atoms with E-state index in [2.05, 4.69) is 4.90 Å². The number of amides is 1. The molecule has 2 aromatic rings. The zero-order valence-electron chi connectivity index (χ0n) is 12.5. The standard InChI is InChI=1S/C16H20N4OS/c17-12-11-9-5-4-6-10(9)15(20-7-2-1-3-8-20)19-16(11)22-13(12)14(18)21/h1-8,17H2,(H2,18,21). The number of anilines is 2. The lowest BCUT2D eigenvalue weighted by Crippen LogP contribution is -2.31. The van der Waals surface area contributed by atoms with Crippen LogP contribution in [0, 0.1) is 0 Å². The minimum atomic E-state index is -0.452. The number of primary amides is 1. The molecule has 22 heavy (non-hydrogen) atoms. The van der Waals surface area contributed by atoms with Crippen LogP contribution < -0.4 is 16.4 Å². The van der Waals surface area contributed by atoms with Gasteiger partial charge in [0.15, 0.2) is 0 Å². The molecule has 0 saturated carbocycles. The number of hydrogen-bond donors (Lipinski definition) is 2. The molecule has 0 bridgehead atoms. The van der Waals surface area contributed by atoms with Crippen LogP contribution >= 0.6 is 11.3 Å². The fourth-order valence-corrected chi connectivity index (χ4v) is 4.76. The third kappa shape index (κ3) is 1.97. The van der Waals surface area contributed by atoms with Crippen LogP contribution in [0.2, 0.25) is 0 Å². The molecule has 0 aromatic carbocycles. The van der Waals surface area contributed by atoms with Crippen LogP contribution in [0.1, 0.15) is 46.5 Å². The Morgan fingerprint density at radius 1 is 1.09 bits per heavy atom. The van der Waals surface area contributed by atoms with E-state index in [1.807, 2.05) is 0 Å². The molecule has 0 radical (unpaired) electrons. The molecule has 0 spiro atoms. The molecule has 1 fully saturated rings. The van der Waals surface area contributed by atoms with E-state index in [1.54, 1.807) is 0 Å². The molecule has 2 aliphatic rings. The van der Waals surface area contributed by atoms with Crippen molar-refractivity contribution in [1.29, 1.82) is 0 Å². The van der Waals surface area contributed by atoms with Crippen molar-refractivity contribution in [2.75, 3.05) is 23.7 Å². The number of carbonyl (C=O) groups is 1. The Kier molecular flexibility index (Phi) is 3.22. The second kappa shape index (κ2) is 5.12. The molecule has 0 unspecified atom stereocenters. The topological polar surface area (TPSA) is 85.2 Å². The normalized spacial score (nSPS) is 17.9. The highest BCUT2D eigenvalue weighted by Gasteiger charge is 2.27. The first-order chi connectivity index (χ1) is 10.7. The molecule has 4 rings (SSSR count). The fraction of sp³-hybridized carbons (Fsp3) is 0.500. The summed E-state index contributed by atoms with van der Waals surface area (Å²) < 4.78 is 0. The van der Waals surface area contributed by atoms with Gasteiger partial charge in [-0.15, -0.1) is 11.3 Å². The maximum absolute atomic E-state index is 11.6. The summed E-state index contributed by atoms with van der Waals surface area (Å²) in [5.41, 5.74) is 14.8. The van der Waals surface area contributed by atoms with Gasteiger partial charge in [0.2, 0.25) is 0 Å². The number of carbonyl (C=O) groups excluding carboxylic acids is 1. The molecular weight excluding hydrogens is 296 g/mol. The van der Waals surface area contributed by atoms with Crippen LogP contribution in [-0.2, 0) is 12.8 Å². The van der Waals surface area contributed by atoms with Crippen molar-refractivity contribution in [1.82, 2.24) is 4.98 Å². The van der Waals surface area contributed by atoms with Gasteiger partial charge in [-0.05, 0) is 49.7 Å². The minimum Gasteiger partial charge on any atom is -0.397 e. The number of thiophene rings is 1. The summed E-state index contributed by atoms with van der Waals surface area (Å²) in [6.45, 7) is 2.16. The summed E-state index contributed by atoms with van der Waals surface area (Å²) in [5.74, 6) is 0.670. The molecule has 1 aliphatic carbocycles. The number of rotatable bonds is 2. The highest BCUT2D eigenvalue weighted by Crippen LogP contribution is 2.42. The van der Waals surface area contributed by atoms with Crippen LogP contribution in [-0.4, -0.2) is 24.0 Å². The van der Waals surface area contributed by atoms with Gasteiger partial charge in [-0.2, -0.15) is 0 Å². The average Bonchev–Trinajstić information content (AvgIpc) is 3.11. The molecule has 0 atom stereocenters. The summed E-state index contributed by atoms with van der Waals surface area (Å²) in [6, 6.07) is 0. The molecule has 6 heteroatoms. The van der Waals surface area contributed by atoms with Gasteiger partial charge in [-0.25, -0.2) is 4.98 Å². The zero-order chi connectivity index (χ0) is 15.3. The van der Waals surface area contributed by atoms with Crippen LogP contribution in [0.25, 0.3) is 10.2 Å². The van der Waals surface area contributed by atoms with E-state index in [-0.39, 0.29) is 0 Å². The van der Waals surface area contributed by atoms with Gasteiger partial charge < -0.3 is 16.4 Å². The SMILES string of the molecule is NC(=O)c1sc2nc(N3CCCCC3)c3c(c2c1N)CCC3. The Morgan fingerprint density at radius 3 is 2.55 bits per heavy atom. The van der Waals surface area contributed by atoms with Gasteiger partial charge in [0.25, 0.3) is 5.91 Å². The molecule has 116 valence electrons. The van der Waals surface area contributed by atoms with Gasteiger partial charge in [0, 0.05) is 18.5 Å². The molecule has 1 saturated heterocycles. The van der Waals surface area contributed by atoms with Crippen molar-refractivity contribution in [3.63, 3.8) is 0 Å². The predicted molar refractivity (Wildman–Crippen MR) is 90.6 cm³/mol. The van der Waals surface area contributed by atoms with Crippen LogP contribution in [0.4, 0.5) is 11.5 Å². The van der Waals surface area contributed by atoms with Crippen molar-refractivity contribution in [3.05, 3.63) is 16.0 Å². The number of pyridine rings is 1. The second-order valence-electron chi connectivity index (χ2n) is 6.18. The Morgan fingerprint density at radius 2 is 1.82 bits per heavy atom. The van der Waals surface area contributed by atoms with Gasteiger partial charge in [-0.1, -0.05) is 0 Å². The molecule has 1 aliphatic heterocycles. The van der Waals surface area contributed by atoms with E-state index in [0.717, 1.165) is 48.4 Å². The Labute approximate surface area is 133 Å². The maximum atomic E-state index is 11.6. The predicted octanol–water partition coefficient (Wildman–Crippen LogP) is 2.46. The van der Waals surface area contributed by atoms with Gasteiger partial charge in [-0.3, -0.25) is 4.79 Å². The number of aromatic nitrogens is 1. The lowest BCUT2D eigenvalue weighted by atomic mass is 10.0. The third-order valence-corrected chi connectivity index (χ3v) is 5.92. The molecule has 5 nitrogen and oxygen atoms in total. The largest absolute Gasteiger partial charge is 0.397 e. The monoisotopic (exact) mass is 316 g/mol. The Hall–Kier alpha value is -1.82. The van der Waals surface area contributed by atoms with E-state index in [0.29, 0.717) is 10.6 Å². The van der Waals surface area contributed by atoms with Crippen molar-refractivity contribution in [2.24, 2.45) is 5.73 Å². The third-order valence-electron chi connectivity index (χ3n) is 4.80. The van der Waals surface area contributed by atoms with Crippen molar-refractivity contribution in [3.8, 4) is 0 Å². The molecular formula is C16H20N4OS. The van der Waals surface area contributed by atoms with E-state index in [1.165, 1.54) is 41.7 Å². The number of fused-ring (bicyclic) bond motifs is 3. The van der Waals surface area contributed by atoms with Gasteiger partial charge >= 0.3 is 0 Å². The van der Waals surface area contributed by atoms with Crippen LogP contribution in [0.3, 0.4) is 0 Å². The first-order valence-corrected chi connectivity index (χ1v) is 8.77. The summed E-state index contributed by atoms with van der Waals surface area (Å²) in [4.78, 5) is 20.2. The Bertz CT molecular complexity index is 761. The summed E-state index contributed by atoms with van der Waals surface area (Å²) >= 11 is 1.34. The van der Waals surface area contributed by atoms with Gasteiger partial charge in [0.05, 0.1) is 5.69 Å². The van der Waals surface area contributed by atoms with Crippen LogP contribution in [0.5, 0.6) is 0 Å². The number of piperidine rings is 1. The quantitative estimate of drug-likeness (QED) is 0.891. The number of nitrogens with two attached hydrogens (primary N) is 2. The van der Waals surface area contributed by atoms with E-state index in [4.69, 9.17) is 16.5 Å². The van der Waals surface area contributed by atoms with E-state index >= 15 is 0 Å². The highest BCUT2D eigenvalue weighted by atomic mass is 32.1. The van der Waals surface area contributed by atoms with Crippen molar-refractivity contribution in [2.45, 2.75) is 38.5 Å². The second-order valence-corrected chi connectivity index (χ2v) is 7.18. The number of hydrogen-bond acceptors (Lipinski definition) is 5. The minimum absolute atomic E-state index is 0.451. The van der Waals surface area contributed by atoms with Crippen LogP contribution in [0.15, 0.2) is 0 Å². The summed E-state index contributed by atoms with van der Waals surface area (Å²) in [7, 11) is 0. The van der Waals surface area contributed by atoms with Crippen molar-refractivity contribution < 1.29 is 4.79 Å². The Balaban J connectivity index is 1.94. The average molecular weight is 316 g/mol. The molecule has 1 amide bonds. The van der Waals surface area contributed by atoms with Gasteiger partial charge in [0.1, 0.15) is 15.5 Å². The molecule has 3 heterocycles. The molecule has 2 aromatic heterocycles. The summed E-state index contributed by atoms with van der Waals surface area (Å²) in [5, 5.41) is 0.979. The maximum Gasteiger partial charge on any atom is 0.260 e. The fourth-order valence-electron chi connectivity index (χ4n) is 3.78. The smallest absolute Gasteiger partial charge is 0.260 e. The first-order valence-electron chi connectivity index (χ1n) is 7.95. The van der Waals surface area contributed by atoms with E-state index in [9.17, 15) is 4.79 Å². The number of nitrogen functional groups attached to an aromatic ring is 1. The number of aryl methyl sites for hydroxylation is 1.